The van der Waals surface area contributed by atoms with Crippen LogP contribution in [0.5, 0.6) is 0 Å². The van der Waals surface area contributed by atoms with Crippen LogP contribution in [-0.4, -0.2) is 18.4 Å². The molecule has 0 aromatic rings. The summed E-state index contributed by atoms with van der Waals surface area (Å²) in [6.07, 6.45) is 1.17. The van der Waals surface area contributed by atoms with Gasteiger partial charge in [-0.1, -0.05) is 20.8 Å². The van der Waals surface area contributed by atoms with Gasteiger partial charge in [-0.15, -0.1) is 0 Å². The zero-order chi connectivity index (χ0) is 11.6. The second-order valence-electron chi connectivity index (χ2n) is 5.27. The Morgan fingerprint density at radius 3 is 2.47 bits per heavy atom. The van der Waals surface area contributed by atoms with Crippen LogP contribution in [0.3, 0.4) is 0 Å². The molecule has 0 N–H and O–H groups in total. The monoisotopic (exact) mass is 212 g/mol. The zero-order valence-electron chi connectivity index (χ0n) is 10.0. The van der Waals surface area contributed by atoms with Crippen LogP contribution >= 0.6 is 0 Å². The highest BCUT2D eigenvalue weighted by Crippen LogP contribution is 2.40. The fraction of sp³-hybridized carbons (Fsp3) is 0.833. The van der Waals surface area contributed by atoms with Crippen molar-refractivity contribution in [2.45, 2.75) is 40.5 Å². The normalized spacial score (nSPS) is 26.8. The Morgan fingerprint density at radius 1 is 1.47 bits per heavy atom. The molecule has 0 heterocycles. The van der Waals surface area contributed by atoms with E-state index < -0.39 is 5.92 Å². The Labute approximate surface area is 91.2 Å². The zero-order valence-corrected chi connectivity index (χ0v) is 10.0. The van der Waals surface area contributed by atoms with Gasteiger partial charge in [0.15, 0.2) is 0 Å². The summed E-state index contributed by atoms with van der Waals surface area (Å²) >= 11 is 0. The van der Waals surface area contributed by atoms with Crippen LogP contribution < -0.4 is 0 Å². The number of rotatable bonds is 2. The Hall–Kier alpha value is -0.860. The van der Waals surface area contributed by atoms with Crippen molar-refractivity contribution in [1.82, 2.24) is 0 Å². The molecule has 0 aliphatic heterocycles. The summed E-state index contributed by atoms with van der Waals surface area (Å²) in [5.41, 5.74) is 0.0942. The predicted octanol–water partition coefficient (Wildman–Crippen LogP) is 2.19. The third-order valence-electron chi connectivity index (χ3n) is 3.15. The van der Waals surface area contributed by atoms with Crippen LogP contribution in [0.15, 0.2) is 0 Å². The highest BCUT2D eigenvalue weighted by Gasteiger charge is 2.42. The molecule has 0 amide bonds. The summed E-state index contributed by atoms with van der Waals surface area (Å²) in [5, 5.41) is 0. The maximum Gasteiger partial charge on any atom is 0.316 e. The summed E-state index contributed by atoms with van der Waals surface area (Å²) < 4.78 is 4.90. The summed E-state index contributed by atoms with van der Waals surface area (Å²) in [5.74, 6) is -0.490. The minimum absolute atomic E-state index is 0.0494. The number of ketones is 1. The number of carbonyl (C=O) groups is 2. The van der Waals surface area contributed by atoms with E-state index in [-0.39, 0.29) is 17.2 Å². The molecule has 1 saturated carbocycles. The standard InChI is InChI=1S/C12H20O3/c1-5-15-11(14)9-6-8(7-10(9)13)12(2,3)4/h8-9H,5-7H2,1-4H3. The summed E-state index contributed by atoms with van der Waals surface area (Å²) in [6.45, 7) is 8.44. The average molecular weight is 212 g/mol. The number of ether oxygens (including phenoxy) is 1. The van der Waals surface area contributed by atoms with Crippen molar-refractivity contribution < 1.29 is 14.3 Å². The molecule has 0 aromatic carbocycles. The van der Waals surface area contributed by atoms with Gasteiger partial charge in [-0.05, 0) is 24.7 Å². The summed E-state index contributed by atoms with van der Waals surface area (Å²) in [4.78, 5) is 23.1. The first kappa shape index (κ1) is 12.2. The molecule has 0 aromatic heterocycles. The van der Waals surface area contributed by atoms with Gasteiger partial charge < -0.3 is 4.74 Å². The molecule has 3 nitrogen and oxygen atoms in total. The van der Waals surface area contributed by atoms with Gasteiger partial charge in [-0.25, -0.2) is 0 Å². The van der Waals surface area contributed by atoms with Crippen LogP contribution in [0.25, 0.3) is 0 Å². The molecular formula is C12H20O3. The van der Waals surface area contributed by atoms with Gasteiger partial charge >= 0.3 is 5.97 Å². The molecule has 2 atom stereocenters. The molecule has 3 heteroatoms. The van der Waals surface area contributed by atoms with Gasteiger partial charge in [0.05, 0.1) is 6.61 Å². The number of esters is 1. The van der Waals surface area contributed by atoms with Crippen LogP contribution in [0.4, 0.5) is 0 Å². The van der Waals surface area contributed by atoms with E-state index in [4.69, 9.17) is 4.74 Å². The average Bonchev–Trinajstić information content (AvgIpc) is 2.47. The van der Waals surface area contributed by atoms with E-state index in [9.17, 15) is 9.59 Å². The second kappa shape index (κ2) is 4.33. The topological polar surface area (TPSA) is 43.4 Å². The van der Waals surface area contributed by atoms with Crippen molar-refractivity contribution in [2.24, 2.45) is 17.3 Å². The molecule has 1 aliphatic rings. The maximum absolute atomic E-state index is 11.6. The van der Waals surface area contributed by atoms with Crippen molar-refractivity contribution in [2.75, 3.05) is 6.61 Å². The van der Waals surface area contributed by atoms with Crippen molar-refractivity contribution in [3.63, 3.8) is 0 Å². The maximum atomic E-state index is 11.6. The molecule has 2 unspecified atom stereocenters. The number of hydrogen-bond acceptors (Lipinski definition) is 3. The lowest BCUT2D eigenvalue weighted by atomic mass is 9.79. The number of hydrogen-bond donors (Lipinski definition) is 0. The molecule has 1 rings (SSSR count). The number of Topliss-reactive ketones (excluding diaryl/α,β-unsaturated/α-hetero) is 1. The van der Waals surface area contributed by atoms with E-state index in [1.54, 1.807) is 6.92 Å². The van der Waals surface area contributed by atoms with E-state index in [0.717, 1.165) is 0 Å². The first-order chi connectivity index (χ1) is 6.86. The Balaban J connectivity index is 2.65. The summed E-state index contributed by atoms with van der Waals surface area (Å²) in [7, 11) is 0. The van der Waals surface area contributed by atoms with E-state index in [2.05, 4.69) is 20.8 Å². The van der Waals surface area contributed by atoms with E-state index in [1.807, 2.05) is 0 Å². The summed E-state index contributed by atoms with van der Waals surface area (Å²) in [6, 6.07) is 0. The molecular weight excluding hydrogens is 192 g/mol. The van der Waals surface area contributed by atoms with Gasteiger partial charge in [0.25, 0.3) is 0 Å². The number of carbonyl (C=O) groups excluding carboxylic acids is 2. The minimum atomic E-state index is -0.505. The predicted molar refractivity (Wildman–Crippen MR) is 57.3 cm³/mol. The van der Waals surface area contributed by atoms with Crippen LogP contribution in [0.1, 0.15) is 40.5 Å². The van der Waals surface area contributed by atoms with Crippen molar-refractivity contribution in [1.29, 1.82) is 0 Å². The smallest absolute Gasteiger partial charge is 0.316 e. The lowest BCUT2D eigenvalue weighted by Crippen LogP contribution is -2.22. The van der Waals surface area contributed by atoms with E-state index in [0.29, 0.717) is 25.4 Å². The molecule has 15 heavy (non-hydrogen) atoms. The largest absolute Gasteiger partial charge is 0.465 e. The Bertz CT molecular complexity index is 263. The molecule has 0 spiro atoms. The fourth-order valence-electron chi connectivity index (χ4n) is 2.01. The van der Waals surface area contributed by atoms with Gasteiger partial charge in [0.1, 0.15) is 11.7 Å². The highest BCUT2D eigenvalue weighted by molar-refractivity contribution is 6.00. The van der Waals surface area contributed by atoms with E-state index in [1.165, 1.54) is 0 Å². The minimum Gasteiger partial charge on any atom is -0.465 e. The van der Waals surface area contributed by atoms with Gasteiger partial charge in [0, 0.05) is 6.42 Å². The molecule has 1 fully saturated rings. The third kappa shape index (κ3) is 2.80. The lowest BCUT2D eigenvalue weighted by molar-refractivity contribution is -0.150. The molecule has 0 radical (unpaired) electrons. The Morgan fingerprint density at radius 2 is 2.07 bits per heavy atom. The first-order valence-electron chi connectivity index (χ1n) is 5.55. The second-order valence-corrected chi connectivity index (χ2v) is 5.27. The molecule has 0 bridgehead atoms. The van der Waals surface area contributed by atoms with Gasteiger partial charge in [0.2, 0.25) is 0 Å². The highest BCUT2D eigenvalue weighted by atomic mass is 16.5. The van der Waals surface area contributed by atoms with Crippen molar-refractivity contribution in [3.05, 3.63) is 0 Å². The van der Waals surface area contributed by atoms with Gasteiger partial charge in [-0.2, -0.15) is 0 Å². The Kier molecular flexibility index (Phi) is 3.53. The SMILES string of the molecule is CCOC(=O)C1CC(C(C)(C)C)CC1=O. The van der Waals surface area contributed by atoms with Crippen molar-refractivity contribution in [3.8, 4) is 0 Å². The quantitative estimate of drug-likeness (QED) is 0.520. The van der Waals surface area contributed by atoms with Crippen molar-refractivity contribution >= 4 is 11.8 Å². The third-order valence-corrected chi connectivity index (χ3v) is 3.15. The molecule has 1 aliphatic carbocycles. The fourth-order valence-corrected chi connectivity index (χ4v) is 2.01. The lowest BCUT2D eigenvalue weighted by Gasteiger charge is -2.25. The van der Waals surface area contributed by atoms with Gasteiger partial charge in [-0.3, -0.25) is 9.59 Å². The van der Waals surface area contributed by atoms with Crippen LogP contribution in [0.2, 0.25) is 0 Å². The van der Waals surface area contributed by atoms with E-state index >= 15 is 0 Å². The van der Waals surface area contributed by atoms with Crippen LogP contribution in [-0.2, 0) is 14.3 Å². The molecule has 86 valence electrons. The van der Waals surface area contributed by atoms with Crippen LogP contribution in [0, 0.1) is 17.3 Å². The first-order valence-corrected chi connectivity index (χ1v) is 5.55. The molecule has 0 saturated heterocycles.